The number of nitrogen functional groups attached to an aromatic ring is 1. The summed E-state index contributed by atoms with van der Waals surface area (Å²) in [7, 11) is 0. The molecule has 6 nitrogen and oxygen atoms in total. The molecule has 1 atom stereocenters. The molecule has 1 aliphatic heterocycles. The minimum absolute atomic E-state index is 0.0187. The lowest BCUT2D eigenvalue weighted by molar-refractivity contribution is 0.266. The second-order valence-corrected chi connectivity index (χ2v) is 4.71. The monoisotopic (exact) mass is 272 g/mol. The van der Waals surface area contributed by atoms with Crippen molar-refractivity contribution in [1.29, 1.82) is 0 Å². The van der Waals surface area contributed by atoms with Crippen LogP contribution >= 0.6 is 11.6 Å². The smallest absolute Gasteiger partial charge is 0.0755 e. The van der Waals surface area contributed by atoms with Gasteiger partial charge in [0.15, 0.2) is 0 Å². The Kier molecular flexibility index (Phi) is 3.82. The molecule has 0 bridgehead atoms. The number of rotatable bonds is 3. The molecular formula is C11H15ClN3O3-. The highest BCUT2D eigenvalue weighted by atomic mass is 35.5. The van der Waals surface area contributed by atoms with E-state index in [-0.39, 0.29) is 29.3 Å². The molecule has 0 radical (unpaired) electrons. The first-order valence-electron chi connectivity index (χ1n) is 5.67. The molecule has 1 fully saturated rings. The highest BCUT2D eigenvalue weighted by Crippen LogP contribution is 2.37. The average molecular weight is 273 g/mol. The van der Waals surface area contributed by atoms with Crippen LogP contribution in [0, 0.1) is 5.21 Å². The highest BCUT2D eigenvalue weighted by Gasteiger charge is 2.26. The third-order valence-corrected chi connectivity index (χ3v) is 3.50. The molecule has 0 amide bonds. The predicted molar refractivity (Wildman–Crippen MR) is 71.0 cm³/mol. The van der Waals surface area contributed by atoms with Gasteiger partial charge in [0.05, 0.1) is 34.7 Å². The van der Waals surface area contributed by atoms with Crippen molar-refractivity contribution in [2.45, 2.75) is 18.9 Å². The fourth-order valence-corrected chi connectivity index (χ4v) is 2.56. The van der Waals surface area contributed by atoms with Gasteiger partial charge in [0.1, 0.15) is 0 Å². The summed E-state index contributed by atoms with van der Waals surface area (Å²) in [5, 5.41) is 29.0. The van der Waals surface area contributed by atoms with Crippen LogP contribution < -0.4 is 15.9 Å². The van der Waals surface area contributed by atoms with Crippen molar-refractivity contribution in [3.8, 4) is 0 Å². The minimum Gasteiger partial charge on any atom is -0.733 e. The van der Waals surface area contributed by atoms with Crippen LogP contribution in [0.2, 0.25) is 5.02 Å². The van der Waals surface area contributed by atoms with E-state index in [0.29, 0.717) is 10.7 Å². The summed E-state index contributed by atoms with van der Waals surface area (Å²) < 4.78 is 0. The van der Waals surface area contributed by atoms with Crippen molar-refractivity contribution < 1.29 is 10.3 Å². The number of anilines is 3. The van der Waals surface area contributed by atoms with E-state index in [1.807, 2.05) is 4.90 Å². The molecule has 18 heavy (non-hydrogen) atoms. The van der Waals surface area contributed by atoms with Gasteiger partial charge < -0.3 is 26.2 Å². The Morgan fingerprint density at radius 3 is 2.89 bits per heavy atom. The molecule has 100 valence electrons. The van der Waals surface area contributed by atoms with Gasteiger partial charge in [0.25, 0.3) is 0 Å². The number of hydrogen-bond donors (Lipinski definition) is 3. The van der Waals surface area contributed by atoms with Crippen LogP contribution in [0.4, 0.5) is 17.1 Å². The Labute approximate surface area is 110 Å². The molecular weight excluding hydrogens is 258 g/mol. The number of nitrogens with two attached hydrogens (primary N) is 1. The first-order chi connectivity index (χ1) is 8.54. The average Bonchev–Trinajstić information content (AvgIpc) is 2.79. The molecule has 0 spiro atoms. The predicted octanol–water partition coefficient (Wildman–Crippen LogP) is 1.58. The Morgan fingerprint density at radius 1 is 1.56 bits per heavy atom. The van der Waals surface area contributed by atoms with Gasteiger partial charge in [0, 0.05) is 6.54 Å². The molecule has 4 N–H and O–H groups in total. The third-order valence-electron chi connectivity index (χ3n) is 3.20. The molecule has 1 aliphatic rings. The maximum Gasteiger partial charge on any atom is 0.0755 e. The van der Waals surface area contributed by atoms with Crippen molar-refractivity contribution in [3.05, 3.63) is 22.4 Å². The van der Waals surface area contributed by atoms with Crippen molar-refractivity contribution in [3.63, 3.8) is 0 Å². The fourth-order valence-electron chi connectivity index (χ4n) is 2.30. The highest BCUT2D eigenvalue weighted by molar-refractivity contribution is 6.33. The largest absolute Gasteiger partial charge is 0.733 e. The van der Waals surface area contributed by atoms with E-state index in [1.54, 1.807) is 6.07 Å². The lowest BCUT2D eigenvalue weighted by Gasteiger charge is -2.29. The van der Waals surface area contributed by atoms with Crippen LogP contribution in [-0.4, -0.2) is 29.5 Å². The van der Waals surface area contributed by atoms with E-state index in [0.717, 1.165) is 19.4 Å². The van der Waals surface area contributed by atoms with Crippen LogP contribution in [0.1, 0.15) is 12.8 Å². The molecule has 1 aromatic carbocycles. The van der Waals surface area contributed by atoms with Crippen LogP contribution in [0.25, 0.3) is 0 Å². The fraction of sp³-hybridized carbons (Fsp3) is 0.455. The topological polar surface area (TPSA) is 96.0 Å². The molecule has 1 heterocycles. The molecule has 0 aliphatic carbocycles. The van der Waals surface area contributed by atoms with E-state index < -0.39 is 0 Å². The quantitative estimate of drug-likeness (QED) is 0.571. The van der Waals surface area contributed by atoms with Gasteiger partial charge in [-0.05, 0) is 25.0 Å². The Bertz CT molecular complexity index is 442. The van der Waals surface area contributed by atoms with E-state index in [4.69, 9.17) is 22.5 Å². The van der Waals surface area contributed by atoms with Crippen LogP contribution in [0.5, 0.6) is 0 Å². The molecule has 0 aromatic heterocycles. The van der Waals surface area contributed by atoms with E-state index in [1.165, 1.54) is 6.07 Å². The Balaban J connectivity index is 2.37. The first-order valence-corrected chi connectivity index (χ1v) is 6.05. The standard InChI is InChI=1S/C11H15ClN3O3/c12-8-4-11(15(17)18)9(13)5-10(8)14-3-1-2-7(14)6-16/h4-5,7,16-17H,1-3,6,13H2/q-1/t7-/m1/s1. The number of halogens is 1. The van der Waals surface area contributed by atoms with Crippen molar-refractivity contribution in [2.24, 2.45) is 0 Å². The van der Waals surface area contributed by atoms with E-state index in [2.05, 4.69) is 0 Å². The number of benzene rings is 1. The minimum atomic E-state index is -0.307. The van der Waals surface area contributed by atoms with Gasteiger partial charge >= 0.3 is 0 Å². The number of aliphatic hydroxyl groups is 1. The zero-order valence-corrected chi connectivity index (χ0v) is 10.5. The summed E-state index contributed by atoms with van der Waals surface area (Å²) in [6.07, 6.45) is 1.86. The van der Waals surface area contributed by atoms with Gasteiger partial charge in [-0.1, -0.05) is 11.6 Å². The second-order valence-electron chi connectivity index (χ2n) is 4.31. The Morgan fingerprint density at radius 2 is 2.28 bits per heavy atom. The van der Waals surface area contributed by atoms with Gasteiger partial charge in [-0.15, -0.1) is 0 Å². The van der Waals surface area contributed by atoms with E-state index >= 15 is 0 Å². The van der Waals surface area contributed by atoms with Crippen LogP contribution in [0.15, 0.2) is 12.1 Å². The Hall–Kier alpha value is -1.21. The molecule has 2 rings (SSSR count). The molecule has 0 unspecified atom stereocenters. The van der Waals surface area contributed by atoms with Gasteiger partial charge in [-0.25, -0.2) is 0 Å². The molecule has 1 saturated heterocycles. The first kappa shape index (κ1) is 13.2. The van der Waals surface area contributed by atoms with Crippen LogP contribution in [-0.2, 0) is 0 Å². The van der Waals surface area contributed by atoms with Gasteiger partial charge in [-0.3, -0.25) is 5.21 Å². The maximum atomic E-state index is 10.9. The summed E-state index contributed by atoms with van der Waals surface area (Å²) in [4.78, 5) is 1.97. The second kappa shape index (κ2) is 5.19. The lowest BCUT2D eigenvalue weighted by atomic mass is 10.2. The summed E-state index contributed by atoms with van der Waals surface area (Å²) in [5.41, 5.74) is 6.44. The lowest BCUT2D eigenvalue weighted by Crippen LogP contribution is -2.32. The number of aliphatic hydroxyl groups excluding tert-OH is 1. The normalized spacial score (nSPS) is 19.3. The summed E-state index contributed by atoms with van der Waals surface area (Å²) >= 11 is 6.09. The molecule has 1 aromatic rings. The van der Waals surface area contributed by atoms with E-state index in [9.17, 15) is 10.3 Å². The van der Waals surface area contributed by atoms with Crippen molar-refractivity contribution in [1.82, 2.24) is 0 Å². The van der Waals surface area contributed by atoms with Gasteiger partial charge in [-0.2, -0.15) is 0 Å². The SMILES string of the molecule is Nc1cc(N2CCC[C@@H]2CO)c(Cl)cc1N([O-])O. The van der Waals surface area contributed by atoms with Crippen molar-refractivity contribution in [2.75, 3.05) is 29.0 Å². The summed E-state index contributed by atoms with van der Waals surface area (Å²) in [5.74, 6) is 0. The molecule has 7 heteroatoms. The summed E-state index contributed by atoms with van der Waals surface area (Å²) in [6.45, 7) is 0.829. The molecule has 0 saturated carbocycles. The zero-order valence-electron chi connectivity index (χ0n) is 9.71. The summed E-state index contributed by atoms with van der Waals surface area (Å²) in [6, 6.07) is 2.89. The third kappa shape index (κ3) is 2.32. The van der Waals surface area contributed by atoms with Crippen molar-refractivity contribution >= 4 is 28.7 Å². The van der Waals surface area contributed by atoms with Gasteiger partial charge in [0.2, 0.25) is 0 Å². The maximum absolute atomic E-state index is 10.9. The van der Waals surface area contributed by atoms with Crippen LogP contribution in [0.3, 0.4) is 0 Å². The zero-order chi connectivity index (χ0) is 13.3. The number of nitrogens with zero attached hydrogens (tertiary/aromatic N) is 2. The number of hydrogen-bond acceptors (Lipinski definition) is 6.